The number of benzene rings is 2. The molecule has 0 radical (unpaired) electrons. The Morgan fingerprint density at radius 1 is 0.739 bits per heavy atom. The minimum Gasteiger partial charge on any atom is -0.399 e. The second-order valence-corrected chi connectivity index (χ2v) is 8.75. The zero-order valence-corrected chi connectivity index (χ0v) is 14.2. The number of rotatable bonds is 4. The van der Waals surface area contributed by atoms with Gasteiger partial charge in [0.15, 0.2) is 10.3 Å². The van der Waals surface area contributed by atoms with Gasteiger partial charge in [-0.3, -0.25) is 0 Å². The van der Waals surface area contributed by atoms with Gasteiger partial charge < -0.3 is 21.4 Å². The van der Waals surface area contributed by atoms with Crippen LogP contribution in [0.15, 0.2) is 46.7 Å². The Balaban J connectivity index is 1.45. The lowest BCUT2D eigenvalue weighted by molar-refractivity contribution is 1.09. The summed E-state index contributed by atoms with van der Waals surface area (Å²) in [6.07, 6.45) is 0. The van der Waals surface area contributed by atoms with E-state index in [0.717, 1.165) is 43.8 Å². The first kappa shape index (κ1) is 14.6. The van der Waals surface area contributed by atoms with Gasteiger partial charge in [-0.25, -0.2) is 9.97 Å². The van der Waals surface area contributed by atoms with Gasteiger partial charge in [-0.15, -0.1) is 0 Å². The number of aromatic nitrogens is 4. The standard InChI is InChI=1S/C14H12N6S3/c15-7-1-3-9-11(5-7)19-13(17-9)21-23-22-14-18-10-4-2-8(16)6-12(10)20-14/h1-6H,15-16H2,(H,17,19)(H,18,20). The molecule has 0 saturated carbocycles. The molecule has 23 heavy (non-hydrogen) atoms. The predicted molar refractivity (Wildman–Crippen MR) is 100 cm³/mol. The van der Waals surface area contributed by atoms with Gasteiger partial charge in [0.05, 0.1) is 22.1 Å². The summed E-state index contributed by atoms with van der Waals surface area (Å²) in [5.74, 6) is 0. The van der Waals surface area contributed by atoms with Crippen molar-refractivity contribution in [3.8, 4) is 0 Å². The van der Waals surface area contributed by atoms with Crippen molar-refractivity contribution in [2.45, 2.75) is 10.3 Å². The molecule has 0 fully saturated rings. The summed E-state index contributed by atoms with van der Waals surface area (Å²) in [4.78, 5) is 15.5. The number of hydrogen-bond acceptors (Lipinski definition) is 7. The largest absolute Gasteiger partial charge is 0.399 e. The van der Waals surface area contributed by atoms with Crippen molar-refractivity contribution in [3.05, 3.63) is 36.4 Å². The first-order valence-corrected chi connectivity index (χ1v) is 10.2. The normalized spacial score (nSPS) is 11.5. The Hall–Kier alpha value is -1.97. The topological polar surface area (TPSA) is 109 Å². The van der Waals surface area contributed by atoms with Gasteiger partial charge in [-0.1, -0.05) is 0 Å². The third kappa shape index (κ3) is 3.07. The van der Waals surface area contributed by atoms with Crippen molar-refractivity contribution in [1.82, 2.24) is 19.9 Å². The van der Waals surface area contributed by atoms with Crippen molar-refractivity contribution in [1.29, 1.82) is 0 Å². The number of nitrogens with one attached hydrogen (secondary N) is 2. The quantitative estimate of drug-likeness (QED) is 0.321. The first-order valence-electron chi connectivity index (χ1n) is 6.69. The average molecular weight is 360 g/mol. The second kappa shape index (κ2) is 5.91. The highest BCUT2D eigenvalue weighted by atomic mass is 33.5. The van der Waals surface area contributed by atoms with Crippen LogP contribution in [-0.2, 0) is 0 Å². The van der Waals surface area contributed by atoms with Crippen molar-refractivity contribution < 1.29 is 0 Å². The number of nitrogens with zero attached hydrogens (tertiary/aromatic N) is 2. The predicted octanol–water partition coefficient (Wildman–Crippen LogP) is 4.05. The Labute approximate surface area is 143 Å². The number of anilines is 2. The lowest BCUT2D eigenvalue weighted by atomic mass is 10.3. The SMILES string of the molecule is Nc1ccc2nc(SSSc3nc4ccc(N)cc4[nH]3)[nH]c2c1. The number of aromatic amines is 2. The van der Waals surface area contributed by atoms with E-state index < -0.39 is 0 Å². The van der Waals surface area contributed by atoms with Crippen molar-refractivity contribution in [2.24, 2.45) is 0 Å². The van der Waals surface area contributed by atoms with Crippen LogP contribution in [-0.4, -0.2) is 19.9 Å². The van der Waals surface area contributed by atoms with E-state index in [4.69, 9.17) is 11.5 Å². The molecule has 0 bridgehead atoms. The number of imidazole rings is 2. The molecule has 0 atom stereocenters. The maximum atomic E-state index is 5.77. The van der Waals surface area contributed by atoms with Crippen LogP contribution in [0.3, 0.4) is 0 Å². The van der Waals surface area contributed by atoms with Crippen LogP contribution in [0.5, 0.6) is 0 Å². The van der Waals surface area contributed by atoms with Crippen LogP contribution in [0.2, 0.25) is 0 Å². The number of fused-ring (bicyclic) bond motifs is 2. The van der Waals surface area contributed by atoms with Crippen molar-refractivity contribution >= 4 is 64.9 Å². The highest BCUT2D eigenvalue weighted by Gasteiger charge is 2.07. The minimum atomic E-state index is 0.723. The van der Waals surface area contributed by atoms with E-state index >= 15 is 0 Å². The van der Waals surface area contributed by atoms with Gasteiger partial charge in [0, 0.05) is 11.4 Å². The molecular weight excluding hydrogens is 348 g/mol. The number of hydrogen-bond donors (Lipinski definition) is 4. The number of nitrogen functional groups attached to an aromatic ring is 2. The van der Waals surface area contributed by atoms with Crippen molar-refractivity contribution in [3.63, 3.8) is 0 Å². The van der Waals surface area contributed by atoms with Gasteiger partial charge in [0.25, 0.3) is 0 Å². The molecule has 6 N–H and O–H groups in total. The van der Waals surface area contributed by atoms with E-state index in [1.54, 1.807) is 31.4 Å². The zero-order chi connectivity index (χ0) is 15.8. The molecule has 0 saturated heterocycles. The Morgan fingerprint density at radius 3 is 1.70 bits per heavy atom. The molecule has 2 aromatic carbocycles. The third-order valence-corrected chi connectivity index (χ3v) is 6.61. The van der Waals surface area contributed by atoms with E-state index in [9.17, 15) is 0 Å². The van der Waals surface area contributed by atoms with E-state index in [-0.39, 0.29) is 0 Å². The van der Waals surface area contributed by atoms with Crippen molar-refractivity contribution in [2.75, 3.05) is 11.5 Å². The monoisotopic (exact) mass is 360 g/mol. The van der Waals surface area contributed by atoms with E-state index in [0.29, 0.717) is 0 Å². The summed E-state index contributed by atoms with van der Waals surface area (Å²) in [6.45, 7) is 0. The summed E-state index contributed by atoms with van der Waals surface area (Å²) < 4.78 is 0. The van der Waals surface area contributed by atoms with Gasteiger partial charge in [0.1, 0.15) is 0 Å². The third-order valence-electron chi connectivity index (χ3n) is 3.19. The van der Waals surface area contributed by atoms with Crippen LogP contribution in [0.25, 0.3) is 22.1 Å². The van der Waals surface area contributed by atoms with E-state index in [2.05, 4.69) is 19.9 Å². The molecular formula is C14H12N6S3. The minimum absolute atomic E-state index is 0.723. The number of H-pyrrole nitrogens is 2. The molecule has 4 rings (SSSR count). The fourth-order valence-corrected chi connectivity index (χ4v) is 5.33. The van der Waals surface area contributed by atoms with E-state index in [1.807, 2.05) is 36.4 Å². The van der Waals surface area contributed by atoms with E-state index in [1.165, 1.54) is 0 Å². The molecule has 4 aromatic rings. The average Bonchev–Trinajstić information content (AvgIpc) is 3.09. The highest BCUT2D eigenvalue weighted by molar-refractivity contribution is 9.09. The molecule has 0 aliphatic carbocycles. The maximum Gasteiger partial charge on any atom is 0.178 e. The van der Waals surface area contributed by atoms with Gasteiger partial charge >= 0.3 is 0 Å². The molecule has 2 heterocycles. The summed E-state index contributed by atoms with van der Waals surface area (Å²) in [7, 11) is 4.68. The Morgan fingerprint density at radius 2 is 1.22 bits per heavy atom. The molecule has 0 aliphatic heterocycles. The van der Waals surface area contributed by atoms with Crippen LogP contribution in [0.1, 0.15) is 0 Å². The van der Waals surface area contributed by atoms with Crippen LogP contribution >= 0.6 is 31.4 Å². The molecule has 116 valence electrons. The smallest absolute Gasteiger partial charge is 0.178 e. The lowest BCUT2D eigenvalue weighted by Gasteiger charge is -1.93. The Kier molecular flexibility index (Phi) is 3.76. The summed E-state index contributed by atoms with van der Waals surface area (Å²) in [5.41, 5.74) is 16.7. The zero-order valence-electron chi connectivity index (χ0n) is 11.7. The first-order chi connectivity index (χ1) is 11.2. The van der Waals surface area contributed by atoms with Gasteiger partial charge in [0.2, 0.25) is 0 Å². The second-order valence-electron chi connectivity index (χ2n) is 4.87. The molecule has 0 amide bonds. The summed E-state index contributed by atoms with van der Waals surface area (Å²) >= 11 is 0. The fourth-order valence-electron chi connectivity index (χ4n) is 2.17. The molecule has 6 nitrogen and oxygen atoms in total. The Bertz CT molecular complexity index is 913. The van der Waals surface area contributed by atoms with Gasteiger partial charge in [-0.05, 0) is 67.8 Å². The van der Waals surface area contributed by atoms with Crippen LogP contribution < -0.4 is 11.5 Å². The fraction of sp³-hybridized carbons (Fsp3) is 0. The van der Waals surface area contributed by atoms with Crippen LogP contribution in [0, 0.1) is 0 Å². The van der Waals surface area contributed by atoms with Crippen LogP contribution in [0.4, 0.5) is 11.4 Å². The maximum absolute atomic E-state index is 5.77. The molecule has 2 aromatic heterocycles. The molecule has 9 heteroatoms. The summed E-state index contributed by atoms with van der Waals surface area (Å²) in [5, 5.41) is 1.67. The van der Waals surface area contributed by atoms with Gasteiger partial charge in [-0.2, -0.15) is 0 Å². The lowest BCUT2D eigenvalue weighted by Crippen LogP contribution is -1.82. The summed E-state index contributed by atoms with van der Waals surface area (Å²) in [6, 6.07) is 11.3. The number of nitrogens with two attached hydrogens (primary N) is 2. The highest BCUT2D eigenvalue weighted by Crippen LogP contribution is 2.43. The molecule has 0 unspecified atom stereocenters. The molecule has 0 spiro atoms. The molecule has 0 aliphatic rings.